The van der Waals surface area contributed by atoms with Crippen molar-refractivity contribution in [3.05, 3.63) is 52.0 Å². The fourth-order valence-corrected chi connectivity index (χ4v) is 2.21. The van der Waals surface area contributed by atoms with Crippen LogP contribution in [0.4, 0.5) is 13.2 Å². The van der Waals surface area contributed by atoms with E-state index in [2.05, 4.69) is 0 Å². The molecular weight excluding hydrogens is 312 g/mol. The first-order chi connectivity index (χ1) is 9.34. The largest absolute Gasteiger partial charge is 0.496 e. The van der Waals surface area contributed by atoms with E-state index < -0.39 is 11.7 Å². The summed E-state index contributed by atoms with van der Waals surface area (Å²) in [5.41, 5.74) is -0.138. The standard InChI is InChI=1S/C14H9Cl2F3O/c1-20-12-6-5-8(14(17,18)19)7-10(12)9-3-2-4-11(15)13(9)16/h2-7H,1H3. The summed E-state index contributed by atoms with van der Waals surface area (Å²) in [4.78, 5) is 0. The zero-order valence-corrected chi connectivity index (χ0v) is 11.8. The Morgan fingerprint density at radius 3 is 2.30 bits per heavy atom. The third-order valence-electron chi connectivity index (χ3n) is 2.77. The van der Waals surface area contributed by atoms with Gasteiger partial charge in [0.1, 0.15) is 5.75 Å². The number of rotatable bonds is 2. The minimum absolute atomic E-state index is 0.187. The van der Waals surface area contributed by atoms with Crippen LogP contribution >= 0.6 is 23.2 Å². The molecule has 1 nitrogen and oxygen atoms in total. The van der Waals surface area contributed by atoms with Gasteiger partial charge in [-0.2, -0.15) is 13.2 Å². The van der Waals surface area contributed by atoms with Gasteiger partial charge in [0.25, 0.3) is 0 Å². The number of halogens is 5. The van der Waals surface area contributed by atoms with Gasteiger partial charge in [0.2, 0.25) is 0 Å². The van der Waals surface area contributed by atoms with E-state index in [0.717, 1.165) is 12.1 Å². The maximum atomic E-state index is 12.8. The van der Waals surface area contributed by atoms with Gasteiger partial charge >= 0.3 is 6.18 Å². The van der Waals surface area contributed by atoms with Crippen LogP contribution in [-0.4, -0.2) is 7.11 Å². The summed E-state index contributed by atoms with van der Waals surface area (Å²) in [6, 6.07) is 7.98. The van der Waals surface area contributed by atoms with Crippen molar-refractivity contribution in [3.63, 3.8) is 0 Å². The van der Waals surface area contributed by atoms with Crippen LogP contribution in [0.25, 0.3) is 11.1 Å². The van der Waals surface area contributed by atoms with E-state index in [0.29, 0.717) is 11.3 Å². The van der Waals surface area contributed by atoms with Crippen LogP contribution in [-0.2, 0) is 6.18 Å². The quantitative estimate of drug-likeness (QED) is 0.690. The Labute approximate surface area is 123 Å². The summed E-state index contributed by atoms with van der Waals surface area (Å²) in [6.07, 6.45) is -4.44. The van der Waals surface area contributed by atoms with Gasteiger partial charge in [0.15, 0.2) is 0 Å². The predicted octanol–water partition coefficient (Wildman–Crippen LogP) is 5.69. The van der Waals surface area contributed by atoms with Crippen molar-refractivity contribution in [3.8, 4) is 16.9 Å². The molecule has 0 heterocycles. The molecule has 0 spiro atoms. The smallest absolute Gasteiger partial charge is 0.416 e. The van der Waals surface area contributed by atoms with Crippen LogP contribution in [0, 0.1) is 0 Å². The first-order valence-electron chi connectivity index (χ1n) is 5.54. The van der Waals surface area contributed by atoms with Crippen LogP contribution in [0.2, 0.25) is 10.0 Å². The maximum absolute atomic E-state index is 12.8. The van der Waals surface area contributed by atoms with Crippen molar-refractivity contribution < 1.29 is 17.9 Å². The zero-order valence-electron chi connectivity index (χ0n) is 10.3. The van der Waals surface area contributed by atoms with Crippen LogP contribution in [0.15, 0.2) is 36.4 Å². The lowest BCUT2D eigenvalue weighted by Crippen LogP contribution is -2.05. The second kappa shape index (κ2) is 5.54. The highest BCUT2D eigenvalue weighted by Crippen LogP contribution is 2.41. The van der Waals surface area contributed by atoms with E-state index in [1.165, 1.54) is 13.2 Å². The van der Waals surface area contributed by atoms with Gasteiger partial charge in [-0.05, 0) is 24.3 Å². The molecule has 2 aromatic carbocycles. The second-order valence-electron chi connectivity index (χ2n) is 4.01. The second-order valence-corrected chi connectivity index (χ2v) is 4.80. The lowest BCUT2D eigenvalue weighted by molar-refractivity contribution is -0.137. The predicted molar refractivity (Wildman–Crippen MR) is 73.5 cm³/mol. The average molecular weight is 321 g/mol. The molecule has 0 bridgehead atoms. The summed E-state index contributed by atoms with van der Waals surface area (Å²) in [5.74, 6) is 0.294. The molecule has 0 aromatic heterocycles. The molecule has 0 saturated carbocycles. The number of alkyl halides is 3. The number of ether oxygens (including phenoxy) is 1. The molecule has 2 aromatic rings. The van der Waals surface area contributed by atoms with Gasteiger partial charge in [0.05, 0.1) is 22.7 Å². The molecule has 0 aliphatic carbocycles. The van der Waals surface area contributed by atoms with Gasteiger partial charge in [0, 0.05) is 11.1 Å². The molecule has 0 amide bonds. The molecule has 0 unspecified atom stereocenters. The van der Waals surface area contributed by atoms with Crippen LogP contribution < -0.4 is 4.74 Å². The summed E-state index contributed by atoms with van der Waals surface area (Å²) in [6.45, 7) is 0. The SMILES string of the molecule is COc1ccc(C(F)(F)F)cc1-c1cccc(Cl)c1Cl. The van der Waals surface area contributed by atoms with Gasteiger partial charge in [-0.15, -0.1) is 0 Å². The molecule has 20 heavy (non-hydrogen) atoms. The topological polar surface area (TPSA) is 9.23 Å². The monoisotopic (exact) mass is 320 g/mol. The van der Waals surface area contributed by atoms with E-state index >= 15 is 0 Å². The van der Waals surface area contributed by atoms with E-state index in [1.807, 2.05) is 0 Å². The highest BCUT2D eigenvalue weighted by Gasteiger charge is 2.31. The average Bonchev–Trinajstić information content (AvgIpc) is 2.40. The fourth-order valence-electron chi connectivity index (χ4n) is 1.81. The van der Waals surface area contributed by atoms with Crippen molar-refractivity contribution in [2.24, 2.45) is 0 Å². The number of benzene rings is 2. The number of hydrogen-bond acceptors (Lipinski definition) is 1. The van der Waals surface area contributed by atoms with Crippen molar-refractivity contribution >= 4 is 23.2 Å². The third kappa shape index (κ3) is 2.86. The van der Waals surface area contributed by atoms with Crippen LogP contribution in [0.1, 0.15) is 5.56 Å². The van der Waals surface area contributed by atoms with Crippen molar-refractivity contribution in [1.82, 2.24) is 0 Å². The molecular formula is C14H9Cl2F3O. The fraction of sp³-hybridized carbons (Fsp3) is 0.143. The Kier molecular flexibility index (Phi) is 4.16. The van der Waals surface area contributed by atoms with E-state index in [9.17, 15) is 13.2 Å². The molecule has 0 aliphatic rings. The Bertz CT molecular complexity index is 639. The Hall–Kier alpha value is -1.39. The Morgan fingerprint density at radius 2 is 1.70 bits per heavy atom. The van der Waals surface area contributed by atoms with E-state index in [1.54, 1.807) is 18.2 Å². The maximum Gasteiger partial charge on any atom is 0.416 e. The van der Waals surface area contributed by atoms with Crippen molar-refractivity contribution in [2.45, 2.75) is 6.18 Å². The Morgan fingerprint density at radius 1 is 1.00 bits per heavy atom. The molecule has 2 rings (SSSR count). The molecule has 106 valence electrons. The molecule has 0 radical (unpaired) electrons. The van der Waals surface area contributed by atoms with Crippen molar-refractivity contribution in [2.75, 3.05) is 7.11 Å². The first-order valence-corrected chi connectivity index (χ1v) is 6.30. The molecule has 0 fully saturated rings. The molecule has 0 saturated heterocycles. The van der Waals surface area contributed by atoms with Crippen LogP contribution in [0.3, 0.4) is 0 Å². The normalized spacial score (nSPS) is 11.5. The molecule has 6 heteroatoms. The summed E-state index contributed by atoms with van der Waals surface area (Å²) in [7, 11) is 1.38. The lowest BCUT2D eigenvalue weighted by atomic mass is 10.0. The van der Waals surface area contributed by atoms with Crippen LogP contribution in [0.5, 0.6) is 5.75 Å². The number of methoxy groups -OCH3 is 1. The highest BCUT2D eigenvalue weighted by molar-refractivity contribution is 6.43. The van der Waals surface area contributed by atoms with Gasteiger partial charge in [-0.1, -0.05) is 35.3 Å². The molecule has 0 aliphatic heterocycles. The highest BCUT2D eigenvalue weighted by atomic mass is 35.5. The first kappa shape index (κ1) is 15.0. The summed E-state index contributed by atoms with van der Waals surface area (Å²) >= 11 is 11.9. The minimum atomic E-state index is -4.44. The van der Waals surface area contributed by atoms with Gasteiger partial charge in [-0.25, -0.2) is 0 Å². The summed E-state index contributed by atoms with van der Waals surface area (Å²) < 4.78 is 43.5. The molecule has 0 atom stereocenters. The summed E-state index contributed by atoms with van der Waals surface area (Å²) in [5, 5.41) is 0.454. The van der Waals surface area contributed by atoms with Gasteiger partial charge in [-0.3, -0.25) is 0 Å². The third-order valence-corrected chi connectivity index (χ3v) is 3.59. The van der Waals surface area contributed by atoms with Crippen molar-refractivity contribution in [1.29, 1.82) is 0 Å². The lowest BCUT2D eigenvalue weighted by Gasteiger charge is -2.14. The Balaban J connectivity index is 2.68. The minimum Gasteiger partial charge on any atom is -0.496 e. The van der Waals surface area contributed by atoms with Gasteiger partial charge < -0.3 is 4.74 Å². The number of hydrogen-bond donors (Lipinski definition) is 0. The van der Waals surface area contributed by atoms with E-state index in [-0.39, 0.29) is 15.6 Å². The van der Waals surface area contributed by atoms with E-state index in [4.69, 9.17) is 27.9 Å². The zero-order chi connectivity index (χ0) is 14.9. The molecule has 0 N–H and O–H groups in total.